The number of para-hydroxylation sites is 2. The van der Waals surface area contributed by atoms with Gasteiger partial charge < -0.3 is 14.2 Å². The van der Waals surface area contributed by atoms with Crippen molar-refractivity contribution < 1.29 is 18.8 Å². The first kappa shape index (κ1) is 16.9. The van der Waals surface area contributed by atoms with Crippen molar-refractivity contribution >= 4 is 16.8 Å². The molecule has 0 atom stereocenters. The van der Waals surface area contributed by atoms with E-state index in [1.54, 1.807) is 0 Å². The van der Waals surface area contributed by atoms with Crippen LogP contribution in [0.4, 0.5) is 0 Å². The molecule has 2 aromatic carbocycles. The van der Waals surface area contributed by atoms with Gasteiger partial charge >= 0.3 is 5.78 Å². The molecule has 0 amide bonds. The molecular weight excluding hydrogens is 368 g/mol. The predicted octanol–water partition coefficient (Wildman–Crippen LogP) is 2.44. The van der Waals surface area contributed by atoms with Crippen molar-refractivity contribution in [1.29, 1.82) is 0 Å². The molecule has 7 nitrogen and oxygen atoms in total. The van der Waals surface area contributed by atoms with Crippen LogP contribution in [0.25, 0.3) is 28.1 Å². The van der Waals surface area contributed by atoms with Crippen LogP contribution < -0.4 is 14.0 Å². The van der Waals surface area contributed by atoms with Gasteiger partial charge in [0.25, 0.3) is 0 Å². The lowest BCUT2D eigenvalue weighted by Gasteiger charge is -2.25. The second kappa shape index (κ2) is 6.79. The smallest absolute Gasteiger partial charge is 0.368 e. The topological polar surface area (TPSA) is 55.0 Å². The quantitative estimate of drug-likeness (QED) is 0.543. The molecule has 7 heteroatoms. The van der Waals surface area contributed by atoms with Crippen LogP contribution in [0.3, 0.4) is 0 Å². The summed E-state index contributed by atoms with van der Waals surface area (Å²) in [5, 5.41) is 0. The van der Waals surface area contributed by atoms with Crippen molar-refractivity contribution in [2.75, 3.05) is 39.6 Å². The predicted molar refractivity (Wildman–Crippen MR) is 108 cm³/mol. The molecule has 4 aromatic rings. The number of nitrogens with one attached hydrogen (secondary N) is 1. The molecular formula is C22H23N4O3+. The summed E-state index contributed by atoms with van der Waals surface area (Å²) in [5.74, 6) is 2.69. The largest absolute Gasteiger partial charge is 0.454 e. The third-order valence-electron chi connectivity index (χ3n) is 5.85. The van der Waals surface area contributed by atoms with Crippen LogP contribution >= 0.6 is 0 Å². The van der Waals surface area contributed by atoms with Crippen molar-refractivity contribution in [3.05, 3.63) is 48.7 Å². The van der Waals surface area contributed by atoms with Gasteiger partial charge in [0.2, 0.25) is 6.79 Å². The van der Waals surface area contributed by atoms with E-state index in [2.05, 4.69) is 55.4 Å². The molecule has 1 saturated heterocycles. The van der Waals surface area contributed by atoms with Crippen molar-refractivity contribution in [2.24, 2.45) is 0 Å². The van der Waals surface area contributed by atoms with E-state index in [1.165, 1.54) is 11.0 Å². The first-order valence-corrected chi connectivity index (χ1v) is 10.1. The second-order valence-corrected chi connectivity index (χ2v) is 7.52. The summed E-state index contributed by atoms with van der Waals surface area (Å²) in [7, 11) is 0. The van der Waals surface area contributed by atoms with Crippen molar-refractivity contribution in [3.8, 4) is 22.8 Å². The summed E-state index contributed by atoms with van der Waals surface area (Å²) >= 11 is 0. The molecule has 6 rings (SSSR count). The maximum Gasteiger partial charge on any atom is 0.368 e. The molecule has 0 unspecified atom stereocenters. The molecule has 1 fully saturated rings. The van der Waals surface area contributed by atoms with Crippen molar-refractivity contribution in [2.45, 2.75) is 6.54 Å². The molecule has 2 aliphatic heterocycles. The van der Waals surface area contributed by atoms with Gasteiger partial charge in [-0.3, -0.25) is 4.90 Å². The molecule has 0 radical (unpaired) electrons. The van der Waals surface area contributed by atoms with Crippen LogP contribution in [0, 0.1) is 0 Å². The Hall–Kier alpha value is -3.03. The number of nitrogens with zero attached hydrogens (tertiary/aromatic N) is 3. The van der Waals surface area contributed by atoms with Crippen LogP contribution in [0.15, 0.2) is 48.7 Å². The number of aromatic nitrogens is 3. The third-order valence-corrected chi connectivity index (χ3v) is 5.85. The Morgan fingerprint density at radius 2 is 1.86 bits per heavy atom. The second-order valence-electron chi connectivity index (χ2n) is 7.52. The zero-order chi connectivity index (χ0) is 19.2. The average Bonchev–Trinajstić information content (AvgIpc) is 3.47. The van der Waals surface area contributed by atoms with Crippen molar-refractivity contribution in [1.82, 2.24) is 14.3 Å². The summed E-state index contributed by atoms with van der Waals surface area (Å²) in [4.78, 5) is 6.10. The van der Waals surface area contributed by atoms with E-state index in [-0.39, 0.29) is 6.79 Å². The SMILES string of the molecule is c1ccc2c(c1)n1cc(-c3ccc4c(c3)OCO4)[nH]c1[n+]2CCN1CCOCC1. The number of H-pyrrole nitrogens is 1. The molecule has 148 valence electrons. The lowest BCUT2D eigenvalue weighted by Crippen LogP contribution is -2.44. The van der Waals surface area contributed by atoms with Crippen LogP contribution in [0.2, 0.25) is 0 Å². The van der Waals surface area contributed by atoms with E-state index in [9.17, 15) is 0 Å². The first-order valence-electron chi connectivity index (χ1n) is 10.1. The van der Waals surface area contributed by atoms with E-state index >= 15 is 0 Å². The van der Waals surface area contributed by atoms with Crippen LogP contribution in [0.1, 0.15) is 0 Å². The van der Waals surface area contributed by atoms with Crippen LogP contribution in [-0.4, -0.2) is 53.9 Å². The highest BCUT2D eigenvalue weighted by Gasteiger charge is 2.23. The molecule has 2 aromatic heterocycles. The van der Waals surface area contributed by atoms with E-state index in [1.807, 2.05) is 12.1 Å². The summed E-state index contributed by atoms with van der Waals surface area (Å²) in [6.45, 7) is 5.89. The lowest BCUT2D eigenvalue weighted by molar-refractivity contribution is -0.647. The maximum atomic E-state index is 5.55. The van der Waals surface area contributed by atoms with Gasteiger partial charge in [-0.1, -0.05) is 12.1 Å². The van der Waals surface area contributed by atoms with E-state index in [0.29, 0.717) is 0 Å². The monoisotopic (exact) mass is 391 g/mol. The van der Waals surface area contributed by atoms with Crippen molar-refractivity contribution in [3.63, 3.8) is 0 Å². The number of benzene rings is 2. The van der Waals surface area contributed by atoms with Gasteiger partial charge in [0, 0.05) is 25.2 Å². The van der Waals surface area contributed by atoms with Gasteiger partial charge in [-0.15, -0.1) is 0 Å². The number of hydrogen-bond donors (Lipinski definition) is 1. The van der Waals surface area contributed by atoms with Gasteiger partial charge in [-0.25, -0.2) is 9.55 Å². The molecule has 29 heavy (non-hydrogen) atoms. The Balaban J connectivity index is 1.41. The standard InChI is InChI=1S/C22H22N4O3/c1-2-4-19-18(3-1)25(8-7-24-9-11-27-12-10-24)22-23-17(14-26(19)22)16-5-6-20-21(13-16)29-15-28-20/h1-6,13-14H,7-12,15H2/p+1. The minimum atomic E-state index is 0.289. The number of hydrogen-bond acceptors (Lipinski definition) is 4. The maximum absolute atomic E-state index is 5.55. The van der Waals surface area contributed by atoms with Gasteiger partial charge in [-0.05, 0) is 30.3 Å². The molecule has 0 saturated carbocycles. The van der Waals surface area contributed by atoms with E-state index in [4.69, 9.17) is 14.2 Å². The molecule has 0 spiro atoms. The lowest BCUT2D eigenvalue weighted by atomic mass is 10.1. The minimum absolute atomic E-state index is 0.289. The molecule has 0 aliphatic carbocycles. The number of imidazole rings is 2. The third kappa shape index (κ3) is 2.85. The van der Waals surface area contributed by atoms with Gasteiger partial charge in [0.1, 0.15) is 22.9 Å². The fraction of sp³-hybridized carbons (Fsp3) is 0.318. The van der Waals surface area contributed by atoms with E-state index < -0.39 is 0 Å². The summed E-state index contributed by atoms with van der Waals surface area (Å²) in [6, 6.07) is 14.6. The van der Waals surface area contributed by atoms with E-state index in [0.717, 1.165) is 67.9 Å². The summed E-state index contributed by atoms with van der Waals surface area (Å²) in [5.41, 5.74) is 4.59. The fourth-order valence-electron chi connectivity index (χ4n) is 4.30. The Morgan fingerprint density at radius 3 is 2.79 bits per heavy atom. The first-order chi connectivity index (χ1) is 14.4. The molecule has 1 N–H and O–H groups in total. The van der Waals surface area contributed by atoms with Crippen LogP contribution in [-0.2, 0) is 11.3 Å². The minimum Gasteiger partial charge on any atom is -0.454 e. The highest BCUT2D eigenvalue weighted by Crippen LogP contribution is 2.35. The number of rotatable bonds is 4. The van der Waals surface area contributed by atoms with Gasteiger partial charge in [-0.2, -0.15) is 4.40 Å². The Morgan fingerprint density at radius 1 is 1.00 bits per heavy atom. The number of aromatic amines is 1. The van der Waals surface area contributed by atoms with Crippen LogP contribution in [0.5, 0.6) is 11.5 Å². The average molecular weight is 391 g/mol. The normalized spacial score (nSPS) is 16.8. The molecule has 4 heterocycles. The number of ether oxygens (including phenoxy) is 3. The summed E-state index contributed by atoms with van der Waals surface area (Å²) in [6.07, 6.45) is 2.17. The Bertz CT molecular complexity index is 1190. The highest BCUT2D eigenvalue weighted by atomic mass is 16.7. The van der Waals surface area contributed by atoms with Gasteiger partial charge in [0.15, 0.2) is 11.5 Å². The number of morpholine rings is 1. The number of fused-ring (bicyclic) bond motifs is 4. The summed E-state index contributed by atoms with van der Waals surface area (Å²) < 4.78 is 21.1. The zero-order valence-corrected chi connectivity index (χ0v) is 16.1. The molecule has 0 bridgehead atoms. The van der Waals surface area contributed by atoms with Gasteiger partial charge in [0.05, 0.1) is 19.8 Å². The zero-order valence-electron chi connectivity index (χ0n) is 16.1. The highest BCUT2D eigenvalue weighted by molar-refractivity contribution is 5.77. The Labute approximate surface area is 168 Å². The fourth-order valence-corrected chi connectivity index (χ4v) is 4.30. The Kier molecular flexibility index (Phi) is 3.95. The molecule has 2 aliphatic rings.